The van der Waals surface area contributed by atoms with Crippen molar-refractivity contribution in [3.63, 3.8) is 0 Å². The number of alkyl carbamates (subject to hydrolysis) is 1. The van der Waals surface area contributed by atoms with E-state index in [0.717, 1.165) is 18.4 Å². The third-order valence-electron chi connectivity index (χ3n) is 2.37. The van der Waals surface area contributed by atoms with Gasteiger partial charge in [-0.05, 0) is 38.3 Å². The standard InChI is InChI=1S/C15H23NO2/c1-5-7-12-8-6-9-13(10-12)11-16-14(17)18-15(2,3)4/h6,8-10H,5,7,11H2,1-4H3,(H,16,17). The van der Waals surface area contributed by atoms with Crippen molar-refractivity contribution in [2.75, 3.05) is 0 Å². The molecule has 0 spiro atoms. The van der Waals surface area contributed by atoms with Gasteiger partial charge in [0.1, 0.15) is 5.60 Å². The molecule has 0 heterocycles. The molecule has 3 nitrogen and oxygen atoms in total. The smallest absolute Gasteiger partial charge is 0.407 e. The van der Waals surface area contributed by atoms with Gasteiger partial charge in [0.25, 0.3) is 0 Å². The van der Waals surface area contributed by atoms with Crippen LogP contribution in [0.3, 0.4) is 0 Å². The summed E-state index contributed by atoms with van der Waals surface area (Å²) in [7, 11) is 0. The summed E-state index contributed by atoms with van der Waals surface area (Å²) in [6, 6.07) is 8.27. The summed E-state index contributed by atoms with van der Waals surface area (Å²) in [6.45, 7) is 8.23. The van der Waals surface area contributed by atoms with Gasteiger partial charge in [0, 0.05) is 6.54 Å². The molecule has 100 valence electrons. The van der Waals surface area contributed by atoms with Gasteiger partial charge in [0.05, 0.1) is 0 Å². The number of carbonyl (C=O) groups excluding carboxylic acids is 1. The lowest BCUT2D eigenvalue weighted by molar-refractivity contribution is 0.0523. The molecule has 1 aromatic rings. The number of aryl methyl sites for hydroxylation is 1. The molecule has 0 unspecified atom stereocenters. The third-order valence-corrected chi connectivity index (χ3v) is 2.37. The topological polar surface area (TPSA) is 38.3 Å². The fourth-order valence-electron chi connectivity index (χ4n) is 1.67. The van der Waals surface area contributed by atoms with Crippen LogP contribution in [0.5, 0.6) is 0 Å². The van der Waals surface area contributed by atoms with Crippen LogP contribution in [-0.4, -0.2) is 11.7 Å². The summed E-state index contributed by atoms with van der Waals surface area (Å²) >= 11 is 0. The Morgan fingerprint density at radius 1 is 1.28 bits per heavy atom. The van der Waals surface area contributed by atoms with E-state index in [4.69, 9.17) is 4.74 Å². The number of carbonyl (C=O) groups is 1. The van der Waals surface area contributed by atoms with Crippen molar-refractivity contribution >= 4 is 6.09 Å². The summed E-state index contributed by atoms with van der Waals surface area (Å²) in [4.78, 5) is 11.5. The van der Waals surface area contributed by atoms with Crippen LogP contribution in [0.4, 0.5) is 4.79 Å². The summed E-state index contributed by atoms with van der Waals surface area (Å²) < 4.78 is 5.19. The summed E-state index contributed by atoms with van der Waals surface area (Å²) in [5.74, 6) is 0. The molecular formula is C15H23NO2. The highest BCUT2D eigenvalue weighted by Crippen LogP contribution is 2.09. The summed E-state index contributed by atoms with van der Waals surface area (Å²) in [5, 5.41) is 2.76. The molecule has 0 fully saturated rings. The Hall–Kier alpha value is -1.51. The molecule has 0 aromatic heterocycles. The van der Waals surface area contributed by atoms with Gasteiger partial charge in [-0.1, -0.05) is 37.6 Å². The van der Waals surface area contributed by atoms with E-state index in [1.54, 1.807) is 0 Å². The quantitative estimate of drug-likeness (QED) is 0.884. The minimum Gasteiger partial charge on any atom is -0.444 e. The molecule has 0 radical (unpaired) electrons. The Balaban J connectivity index is 2.48. The van der Waals surface area contributed by atoms with Crippen LogP contribution in [-0.2, 0) is 17.7 Å². The minimum absolute atomic E-state index is 0.372. The van der Waals surface area contributed by atoms with Crippen LogP contribution < -0.4 is 5.32 Å². The lowest BCUT2D eigenvalue weighted by Crippen LogP contribution is -2.32. The molecule has 0 saturated heterocycles. The predicted molar refractivity (Wildman–Crippen MR) is 73.5 cm³/mol. The van der Waals surface area contributed by atoms with E-state index in [1.807, 2.05) is 32.9 Å². The molecule has 1 amide bonds. The largest absolute Gasteiger partial charge is 0.444 e. The summed E-state index contributed by atoms with van der Waals surface area (Å²) in [6.07, 6.45) is 1.83. The van der Waals surface area contributed by atoms with Gasteiger partial charge >= 0.3 is 6.09 Å². The molecule has 0 aliphatic heterocycles. The first-order valence-corrected chi connectivity index (χ1v) is 6.45. The second kappa shape index (κ2) is 6.43. The fourth-order valence-corrected chi connectivity index (χ4v) is 1.67. The van der Waals surface area contributed by atoms with Crippen molar-refractivity contribution in [3.8, 4) is 0 Å². The van der Waals surface area contributed by atoms with Crippen molar-refractivity contribution in [2.24, 2.45) is 0 Å². The molecule has 1 N–H and O–H groups in total. The van der Waals surface area contributed by atoms with Crippen LogP contribution in [0, 0.1) is 0 Å². The number of benzene rings is 1. The van der Waals surface area contributed by atoms with E-state index in [2.05, 4.69) is 24.4 Å². The number of ether oxygens (including phenoxy) is 1. The lowest BCUT2D eigenvalue weighted by atomic mass is 10.1. The zero-order valence-electron chi connectivity index (χ0n) is 11.7. The predicted octanol–water partition coefficient (Wildman–Crippen LogP) is 3.66. The molecule has 0 atom stereocenters. The van der Waals surface area contributed by atoms with Gasteiger partial charge in [-0.2, -0.15) is 0 Å². The molecule has 1 aromatic carbocycles. The fraction of sp³-hybridized carbons (Fsp3) is 0.533. The van der Waals surface area contributed by atoms with Gasteiger partial charge in [-0.3, -0.25) is 0 Å². The van der Waals surface area contributed by atoms with E-state index >= 15 is 0 Å². The molecular weight excluding hydrogens is 226 g/mol. The van der Waals surface area contributed by atoms with Crippen LogP contribution >= 0.6 is 0 Å². The SMILES string of the molecule is CCCc1cccc(CNC(=O)OC(C)(C)C)c1. The number of hydrogen-bond acceptors (Lipinski definition) is 2. The van der Waals surface area contributed by atoms with Gasteiger partial charge in [-0.25, -0.2) is 4.79 Å². The first-order valence-electron chi connectivity index (χ1n) is 6.45. The number of amides is 1. The van der Waals surface area contributed by atoms with Crippen molar-refractivity contribution in [1.29, 1.82) is 0 Å². The maximum Gasteiger partial charge on any atom is 0.407 e. The van der Waals surface area contributed by atoms with E-state index in [-0.39, 0.29) is 6.09 Å². The Morgan fingerprint density at radius 3 is 2.56 bits per heavy atom. The van der Waals surface area contributed by atoms with E-state index in [9.17, 15) is 4.79 Å². The maximum atomic E-state index is 11.5. The molecule has 0 bridgehead atoms. The number of rotatable bonds is 4. The summed E-state index contributed by atoms with van der Waals surface area (Å²) in [5.41, 5.74) is 1.96. The highest BCUT2D eigenvalue weighted by Gasteiger charge is 2.15. The van der Waals surface area contributed by atoms with Gasteiger partial charge in [0.2, 0.25) is 0 Å². The Bertz CT molecular complexity index is 394. The molecule has 0 aliphatic carbocycles. The van der Waals surface area contributed by atoms with Crippen molar-refractivity contribution in [1.82, 2.24) is 5.32 Å². The monoisotopic (exact) mass is 249 g/mol. The van der Waals surface area contributed by atoms with Crippen LogP contribution in [0.25, 0.3) is 0 Å². The molecule has 0 aliphatic rings. The normalized spacial score (nSPS) is 11.1. The second-order valence-corrected chi connectivity index (χ2v) is 5.43. The zero-order chi connectivity index (χ0) is 13.6. The molecule has 0 saturated carbocycles. The Morgan fingerprint density at radius 2 is 1.94 bits per heavy atom. The Labute approximate surface area is 110 Å². The van der Waals surface area contributed by atoms with Gasteiger partial charge in [0.15, 0.2) is 0 Å². The Kier molecular flexibility index (Phi) is 5.20. The van der Waals surface area contributed by atoms with Gasteiger partial charge in [-0.15, -0.1) is 0 Å². The van der Waals surface area contributed by atoms with Crippen molar-refractivity contribution < 1.29 is 9.53 Å². The van der Waals surface area contributed by atoms with Crippen LogP contribution in [0.2, 0.25) is 0 Å². The molecule has 1 rings (SSSR count). The highest BCUT2D eigenvalue weighted by atomic mass is 16.6. The lowest BCUT2D eigenvalue weighted by Gasteiger charge is -2.19. The average molecular weight is 249 g/mol. The molecule has 18 heavy (non-hydrogen) atoms. The van der Waals surface area contributed by atoms with Gasteiger partial charge < -0.3 is 10.1 Å². The van der Waals surface area contributed by atoms with Crippen molar-refractivity contribution in [3.05, 3.63) is 35.4 Å². The highest BCUT2D eigenvalue weighted by molar-refractivity contribution is 5.67. The first kappa shape index (κ1) is 14.6. The maximum absolute atomic E-state index is 11.5. The minimum atomic E-state index is -0.450. The van der Waals surface area contributed by atoms with E-state index in [1.165, 1.54) is 5.56 Å². The van der Waals surface area contributed by atoms with E-state index < -0.39 is 5.60 Å². The number of nitrogens with one attached hydrogen (secondary N) is 1. The van der Waals surface area contributed by atoms with Crippen molar-refractivity contribution in [2.45, 2.75) is 52.7 Å². The van der Waals surface area contributed by atoms with Crippen LogP contribution in [0.15, 0.2) is 24.3 Å². The molecule has 3 heteroatoms. The van der Waals surface area contributed by atoms with E-state index in [0.29, 0.717) is 6.54 Å². The second-order valence-electron chi connectivity index (χ2n) is 5.43. The zero-order valence-corrected chi connectivity index (χ0v) is 11.7. The first-order chi connectivity index (χ1) is 8.40. The third kappa shape index (κ3) is 5.71. The van der Waals surface area contributed by atoms with Crippen LogP contribution in [0.1, 0.15) is 45.2 Å². The number of hydrogen-bond donors (Lipinski definition) is 1. The average Bonchev–Trinajstić information content (AvgIpc) is 2.25.